The number of amides is 1. The van der Waals surface area contributed by atoms with Crippen LogP contribution in [-0.2, 0) is 4.79 Å². The Labute approximate surface area is 149 Å². The van der Waals surface area contributed by atoms with E-state index in [0.29, 0.717) is 16.6 Å². The molecule has 2 aromatic rings. The molecule has 3 rings (SSSR count). The Kier molecular flexibility index (Phi) is 4.86. The van der Waals surface area contributed by atoms with Gasteiger partial charge in [-0.25, -0.2) is 14.4 Å². The number of aromatic nitrogens is 1. The van der Waals surface area contributed by atoms with Crippen LogP contribution in [0.15, 0.2) is 33.9 Å². The van der Waals surface area contributed by atoms with E-state index in [4.69, 9.17) is 0 Å². The molecule has 1 fully saturated rings. The summed E-state index contributed by atoms with van der Waals surface area (Å²) in [5.74, 6) is -1.09. The minimum atomic E-state index is -4.64. The van der Waals surface area contributed by atoms with Crippen molar-refractivity contribution >= 4 is 51.7 Å². The third kappa shape index (κ3) is 4.13. The van der Waals surface area contributed by atoms with Crippen LogP contribution in [0.2, 0.25) is 0 Å². The summed E-state index contributed by atoms with van der Waals surface area (Å²) in [6.45, 7) is 3.05. The van der Waals surface area contributed by atoms with Crippen molar-refractivity contribution in [2.45, 2.75) is 18.8 Å². The molecular weight excluding hydrogens is 372 g/mol. The highest BCUT2D eigenvalue weighted by Crippen LogP contribution is 2.36. The Morgan fingerprint density at radius 1 is 1.42 bits per heavy atom. The summed E-state index contributed by atoms with van der Waals surface area (Å²) in [5.41, 5.74) is -0.344. The van der Waals surface area contributed by atoms with Crippen molar-refractivity contribution in [2.24, 2.45) is 15.9 Å². The Hall–Kier alpha value is -2.62. The molecule has 10 heteroatoms. The number of fused-ring (bicyclic) bond motifs is 1. The average Bonchev–Trinajstić information content (AvgIpc) is 3.16. The minimum absolute atomic E-state index is 0.200. The third-order valence-electron chi connectivity index (χ3n) is 3.56. The van der Waals surface area contributed by atoms with Crippen LogP contribution in [0, 0.1) is 5.92 Å². The van der Waals surface area contributed by atoms with Gasteiger partial charge in [-0.2, -0.15) is 13.2 Å². The van der Waals surface area contributed by atoms with E-state index in [1.165, 1.54) is 18.2 Å². The van der Waals surface area contributed by atoms with Crippen molar-refractivity contribution < 1.29 is 22.4 Å². The quantitative estimate of drug-likeness (QED) is 0.476. The van der Waals surface area contributed by atoms with Crippen LogP contribution in [-0.4, -0.2) is 36.3 Å². The number of nitrogens with zero attached hydrogens (tertiary/aromatic N) is 3. The van der Waals surface area contributed by atoms with Gasteiger partial charge in [-0.05, 0) is 36.9 Å². The number of halogens is 4. The highest BCUT2D eigenvalue weighted by molar-refractivity contribution is 7.22. The lowest BCUT2D eigenvalue weighted by Crippen LogP contribution is -2.14. The van der Waals surface area contributed by atoms with Crippen LogP contribution in [0.5, 0.6) is 0 Å². The number of hydrogen-bond donors (Lipinski definition) is 1. The molecule has 0 spiro atoms. The van der Waals surface area contributed by atoms with Crippen LogP contribution in [0.25, 0.3) is 16.3 Å². The Bertz CT molecular complexity index is 919. The summed E-state index contributed by atoms with van der Waals surface area (Å²) in [7, 11) is 0. The van der Waals surface area contributed by atoms with Gasteiger partial charge in [-0.15, -0.1) is 0 Å². The van der Waals surface area contributed by atoms with Gasteiger partial charge in [0.15, 0.2) is 5.13 Å². The molecule has 0 radical (unpaired) electrons. The van der Waals surface area contributed by atoms with Crippen LogP contribution in [0.4, 0.5) is 22.7 Å². The fourth-order valence-corrected chi connectivity index (χ4v) is 3.09. The van der Waals surface area contributed by atoms with Crippen molar-refractivity contribution in [3.8, 4) is 0 Å². The summed E-state index contributed by atoms with van der Waals surface area (Å²) in [4.78, 5) is 22.3. The van der Waals surface area contributed by atoms with E-state index in [9.17, 15) is 22.4 Å². The molecular formula is C16H12F4N4OS. The summed E-state index contributed by atoms with van der Waals surface area (Å²) in [5, 5.41) is 2.80. The first kappa shape index (κ1) is 18.2. The van der Waals surface area contributed by atoms with Crippen molar-refractivity contribution in [1.29, 1.82) is 0 Å². The Morgan fingerprint density at radius 2 is 2.15 bits per heavy atom. The summed E-state index contributed by atoms with van der Waals surface area (Å²) in [6, 6.07) is 4.49. The maximum atomic E-state index is 13.0. The van der Waals surface area contributed by atoms with Gasteiger partial charge < -0.3 is 5.32 Å². The first-order valence-corrected chi connectivity index (χ1v) is 8.22. The number of anilines is 1. The van der Waals surface area contributed by atoms with E-state index in [0.717, 1.165) is 17.4 Å². The molecule has 1 aromatic heterocycles. The van der Waals surface area contributed by atoms with Crippen molar-refractivity contribution in [3.63, 3.8) is 0 Å². The van der Waals surface area contributed by atoms with Crippen molar-refractivity contribution in [2.75, 3.05) is 5.32 Å². The maximum Gasteiger partial charge on any atom is 0.433 e. The molecule has 136 valence electrons. The minimum Gasteiger partial charge on any atom is -0.302 e. The van der Waals surface area contributed by atoms with Crippen molar-refractivity contribution in [1.82, 2.24) is 4.98 Å². The Morgan fingerprint density at radius 3 is 2.77 bits per heavy atom. The number of thiazole rings is 1. The lowest BCUT2D eigenvalue weighted by molar-refractivity contribution is -0.117. The summed E-state index contributed by atoms with van der Waals surface area (Å²) in [6.07, 6.45) is -3.97. The van der Waals surface area contributed by atoms with Crippen LogP contribution in [0.1, 0.15) is 12.0 Å². The number of hydrogen-bond acceptors (Lipinski definition) is 4. The molecule has 1 unspecified atom stereocenters. The van der Waals surface area contributed by atoms with Gasteiger partial charge in [0.05, 0.1) is 16.1 Å². The lowest BCUT2D eigenvalue weighted by Gasteiger charge is -2.06. The first-order valence-electron chi connectivity index (χ1n) is 7.40. The van der Waals surface area contributed by atoms with Gasteiger partial charge in [-0.1, -0.05) is 17.4 Å². The SMILES string of the molecule is C=NC=N/C(=C/c1ccc2nc(NC(=O)C3C[C@@H]3F)sc2c1)C(F)(F)F. The fourth-order valence-electron chi connectivity index (χ4n) is 2.17. The number of aliphatic imine (C=N–C) groups is 2. The van der Waals surface area contributed by atoms with Gasteiger partial charge in [0.2, 0.25) is 5.91 Å². The van der Waals surface area contributed by atoms with Crippen molar-refractivity contribution in [3.05, 3.63) is 29.5 Å². The normalized spacial score (nSPS) is 20.5. The fraction of sp³-hybridized carbons (Fsp3) is 0.250. The maximum absolute atomic E-state index is 13.0. The number of carbonyl (C=O) groups excluding carboxylic acids is 1. The molecule has 1 amide bonds. The summed E-state index contributed by atoms with van der Waals surface area (Å²) >= 11 is 1.10. The molecule has 26 heavy (non-hydrogen) atoms. The zero-order valence-electron chi connectivity index (χ0n) is 13.1. The van der Waals surface area contributed by atoms with Gasteiger partial charge >= 0.3 is 6.18 Å². The number of allylic oxidation sites excluding steroid dienone is 1. The molecule has 2 atom stereocenters. The molecule has 5 nitrogen and oxygen atoms in total. The number of benzene rings is 1. The van der Waals surface area contributed by atoms with E-state index in [2.05, 4.69) is 27.0 Å². The molecule has 1 aliphatic carbocycles. The van der Waals surface area contributed by atoms with E-state index in [1.807, 2.05) is 0 Å². The van der Waals surface area contributed by atoms with Crippen LogP contribution < -0.4 is 5.32 Å². The van der Waals surface area contributed by atoms with Gasteiger partial charge in [-0.3, -0.25) is 9.79 Å². The second-order valence-corrected chi connectivity index (χ2v) is 6.58. The highest BCUT2D eigenvalue weighted by atomic mass is 32.1. The van der Waals surface area contributed by atoms with E-state index in [1.54, 1.807) is 0 Å². The van der Waals surface area contributed by atoms with Gasteiger partial charge in [0.1, 0.15) is 18.2 Å². The van der Waals surface area contributed by atoms with E-state index >= 15 is 0 Å². The predicted molar refractivity (Wildman–Crippen MR) is 93.3 cm³/mol. The van der Waals surface area contributed by atoms with Crippen LogP contribution in [0.3, 0.4) is 0 Å². The second-order valence-electron chi connectivity index (χ2n) is 5.55. The highest BCUT2D eigenvalue weighted by Gasteiger charge is 2.43. The second kappa shape index (κ2) is 6.94. The average molecular weight is 384 g/mol. The van der Waals surface area contributed by atoms with Gasteiger partial charge in [0.25, 0.3) is 0 Å². The van der Waals surface area contributed by atoms with Gasteiger partial charge in [0, 0.05) is 0 Å². The molecule has 1 aromatic carbocycles. The van der Waals surface area contributed by atoms with Crippen LogP contribution >= 0.6 is 11.3 Å². The molecule has 1 N–H and O–H groups in total. The first-order chi connectivity index (χ1) is 12.3. The topological polar surface area (TPSA) is 66.7 Å². The molecule has 0 bridgehead atoms. The number of rotatable bonds is 5. The lowest BCUT2D eigenvalue weighted by atomic mass is 10.2. The number of nitrogens with one attached hydrogen (secondary N) is 1. The standard InChI is InChI=1S/C16H12F4N4OS/c1-21-7-22-13(16(18,19)20)5-8-2-3-11-12(4-8)26-15(23-11)24-14(25)9-6-10(9)17/h2-5,7,9-10H,1,6H2,(H,23,24,25)/b13-5+,22-7?/t9?,10-/m0/s1. The van der Waals surface area contributed by atoms with E-state index < -0.39 is 29.9 Å². The Balaban J connectivity index is 1.86. The zero-order valence-corrected chi connectivity index (χ0v) is 13.9. The molecule has 1 aliphatic rings. The number of carbonyl (C=O) groups is 1. The smallest absolute Gasteiger partial charge is 0.302 e. The molecule has 0 saturated heterocycles. The molecule has 1 heterocycles. The zero-order chi connectivity index (χ0) is 18.9. The molecule has 0 aliphatic heterocycles. The predicted octanol–water partition coefficient (Wildman–Crippen LogP) is 4.22. The largest absolute Gasteiger partial charge is 0.433 e. The van der Waals surface area contributed by atoms with E-state index in [-0.39, 0.29) is 17.1 Å². The summed E-state index contributed by atoms with van der Waals surface area (Å²) < 4.78 is 52.4. The number of alkyl halides is 4. The third-order valence-corrected chi connectivity index (χ3v) is 4.50. The molecule has 1 saturated carbocycles. The monoisotopic (exact) mass is 384 g/mol.